The molecule has 0 atom stereocenters. The van der Waals surface area contributed by atoms with Gasteiger partial charge >= 0.3 is 5.97 Å². The molecule has 27 heavy (non-hydrogen) atoms. The highest BCUT2D eigenvalue weighted by Gasteiger charge is 2.10. The van der Waals surface area contributed by atoms with Gasteiger partial charge in [-0.3, -0.25) is 0 Å². The predicted octanol–water partition coefficient (Wildman–Crippen LogP) is 4.85. The first-order valence-corrected chi connectivity index (χ1v) is 8.24. The molecular weight excluding hydrogens is 352 g/mol. The summed E-state index contributed by atoms with van der Waals surface area (Å²) < 4.78 is 31.9. The number of carboxylic acid groups (broad SMARTS) is 1. The van der Waals surface area contributed by atoms with Crippen LogP contribution in [0.1, 0.15) is 21.5 Å². The molecule has 3 aromatic rings. The zero-order valence-electron chi connectivity index (χ0n) is 14.3. The summed E-state index contributed by atoms with van der Waals surface area (Å²) in [6, 6.07) is 17.4. The molecular formula is C21H17F2NO3. The van der Waals surface area contributed by atoms with Crippen molar-refractivity contribution in [1.29, 1.82) is 0 Å². The average molecular weight is 369 g/mol. The van der Waals surface area contributed by atoms with Crippen molar-refractivity contribution >= 4 is 11.7 Å². The highest BCUT2D eigenvalue weighted by Crippen LogP contribution is 2.18. The first-order valence-electron chi connectivity index (χ1n) is 8.24. The van der Waals surface area contributed by atoms with Crippen molar-refractivity contribution < 1.29 is 23.4 Å². The van der Waals surface area contributed by atoms with Gasteiger partial charge in [-0.1, -0.05) is 24.3 Å². The molecule has 0 aliphatic rings. The van der Waals surface area contributed by atoms with E-state index in [1.165, 1.54) is 24.3 Å². The Labute approximate surface area is 155 Å². The highest BCUT2D eigenvalue weighted by atomic mass is 19.1. The average Bonchev–Trinajstić information content (AvgIpc) is 2.67. The summed E-state index contributed by atoms with van der Waals surface area (Å²) in [6.07, 6.45) is 0. The number of ether oxygens (including phenoxy) is 1. The molecule has 0 spiro atoms. The third-order valence-electron chi connectivity index (χ3n) is 3.94. The van der Waals surface area contributed by atoms with Crippen LogP contribution in [0.25, 0.3) is 0 Å². The molecule has 3 aromatic carbocycles. The molecule has 0 saturated carbocycles. The molecule has 0 heterocycles. The number of rotatable bonds is 7. The molecule has 0 saturated heterocycles. The molecule has 3 rings (SSSR count). The number of carboxylic acids is 1. The lowest BCUT2D eigenvalue weighted by atomic mass is 10.1. The van der Waals surface area contributed by atoms with E-state index in [0.717, 1.165) is 17.2 Å². The van der Waals surface area contributed by atoms with Crippen molar-refractivity contribution in [3.05, 3.63) is 95.1 Å². The van der Waals surface area contributed by atoms with Gasteiger partial charge in [0.1, 0.15) is 24.0 Å². The zero-order valence-corrected chi connectivity index (χ0v) is 14.3. The minimum Gasteiger partial charge on any atom is -0.489 e. The zero-order chi connectivity index (χ0) is 19.2. The van der Waals surface area contributed by atoms with Gasteiger partial charge in [-0.15, -0.1) is 0 Å². The van der Waals surface area contributed by atoms with Gasteiger partial charge in [-0.25, -0.2) is 13.6 Å². The Morgan fingerprint density at radius 3 is 2.26 bits per heavy atom. The third kappa shape index (κ3) is 5.04. The minimum absolute atomic E-state index is 0.285. The van der Waals surface area contributed by atoms with Crippen molar-refractivity contribution in [2.45, 2.75) is 13.2 Å². The highest BCUT2D eigenvalue weighted by molar-refractivity contribution is 5.89. The second-order valence-electron chi connectivity index (χ2n) is 5.91. The van der Waals surface area contributed by atoms with E-state index in [1.54, 1.807) is 12.1 Å². The van der Waals surface area contributed by atoms with E-state index in [-0.39, 0.29) is 11.4 Å². The molecule has 0 fully saturated rings. The lowest BCUT2D eigenvalue weighted by Gasteiger charge is -2.10. The number of anilines is 1. The topological polar surface area (TPSA) is 58.6 Å². The molecule has 0 bridgehead atoms. The second-order valence-corrected chi connectivity index (χ2v) is 5.91. The molecule has 0 aromatic heterocycles. The molecule has 138 valence electrons. The van der Waals surface area contributed by atoms with Gasteiger partial charge in [0.15, 0.2) is 0 Å². The second kappa shape index (κ2) is 8.31. The van der Waals surface area contributed by atoms with Crippen molar-refractivity contribution in [2.24, 2.45) is 0 Å². The van der Waals surface area contributed by atoms with E-state index in [9.17, 15) is 13.6 Å². The SMILES string of the molecule is O=C(O)c1cc(NCc2ccc(OCc3ccc(F)cc3)cc2)ccc1F. The number of aromatic carboxylic acids is 1. The monoisotopic (exact) mass is 369 g/mol. The van der Waals surface area contributed by atoms with E-state index < -0.39 is 11.8 Å². The van der Waals surface area contributed by atoms with Crippen LogP contribution in [-0.4, -0.2) is 11.1 Å². The fraction of sp³-hybridized carbons (Fsp3) is 0.0952. The van der Waals surface area contributed by atoms with Gasteiger partial charge in [0, 0.05) is 12.2 Å². The van der Waals surface area contributed by atoms with E-state index in [2.05, 4.69) is 5.32 Å². The Morgan fingerprint density at radius 2 is 1.59 bits per heavy atom. The van der Waals surface area contributed by atoms with Gasteiger partial charge in [-0.05, 0) is 53.6 Å². The molecule has 0 aliphatic carbocycles. The number of benzene rings is 3. The van der Waals surface area contributed by atoms with Gasteiger partial charge in [0.2, 0.25) is 0 Å². The number of halogens is 2. The molecule has 4 nitrogen and oxygen atoms in total. The molecule has 0 amide bonds. The van der Waals surface area contributed by atoms with Crippen LogP contribution in [0.15, 0.2) is 66.7 Å². The fourth-order valence-electron chi connectivity index (χ4n) is 2.45. The largest absolute Gasteiger partial charge is 0.489 e. The van der Waals surface area contributed by atoms with Crippen LogP contribution in [0.3, 0.4) is 0 Å². The Hall–Kier alpha value is -3.41. The van der Waals surface area contributed by atoms with E-state index >= 15 is 0 Å². The summed E-state index contributed by atoms with van der Waals surface area (Å²) in [5, 5.41) is 12.0. The van der Waals surface area contributed by atoms with Crippen molar-refractivity contribution in [3.8, 4) is 5.75 Å². The summed E-state index contributed by atoms with van der Waals surface area (Å²) in [5.41, 5.74) is 1.97. The van der Waals surface area contributed by atoms with Crippen molar-refractivity contribution in [1.82, 2.24) is 0 Å². The van der Waals surface area contributed by atoms with E-state index in [0.29, 0.717) is 24.6 Å². The first-order chi connectivity index (χ1) is 13.0. The quantitative estimate of drug-likeness (QED) is 0.625. The fourth-order valence-corrected chi connectivity index (χ4v) is 2.45. The van der Waals surface area contributed by atoms with Crippen LogP contribution in [0.2, 0.25) is 0 Å². The Balaban J connectivity index is 1.55. The predicted molar refractivity (Wildman–Crippen MR) is 97.9 cm³/mol. The van der Waals surface area contributed by atoms with Gasteiger partial charge in [0.25, 0.3) is 0 Å². The minimum atomic E-state index is -1.31. The normalized spacial score (nSPS) is 10.4. The van der Waals surface area contributed by atoms with Crippen molar-refractivity contribution in [3.63, 3.8) is 0 Å². The van der Waals surface area contributed by atoms with Gasteiger partial charge in [-0.2, -0.15) is 0 Å². The summed E-state index contributed by atoms with van der Waals surface area (Å²) >= 11 is 0. The van der Waals surface area contributed by atoms with Crippen molar-refractivity contribution in [2.75, 3.05) is 5.32 Å². The summed E-state index contributed by atoms with van der Waals surface area (Å²) in [6.45, 7) is 0.786. The molecule has 6 heteroatoms. The van der Waals surface area contributed by atoms with Crippen LogP contribution in [0.4, 0.5) is 14.5 Å². The van der Waals surface area contributed by atoms with Gasteiger partial charge < -0.3 is 15.2 Å². The van der Waals surface area contributed by atoms with Crippen LogP contribution in [-0.2, 0) is 13.2 Å². The molecule has 2 N–H and O–H groups in total. The number of hydrogen-bond donors (Lipinski definition) is 2. The van der Waals surface area contributed by atoms with Gasteiger partial charge in [0.05, 0.1) is 5.56 Å². The molecule has 0 unspecified atom stereocenters. The lowest BCUT2D eigenvalue weighted by molar-refractivity contribution is 0.0692. The maximum absolute atomic E-state index is 13.4. The Kier molecular flexibility index (Phi) is 5.66. The van der Waals surface area contributed by atoms with Crippen LogP contribution >= 0.6 is 0 Å². The van der Waals surface area contributed by atoms with E-state index in [1.807, 2.05) is 24.3 Å². The van der Waals surface area contributed by atoms with Crippen LogP contribution < -0.4 is 10.1 Å². The maximum atomic E-state index is 13.4. The third-order valence-corrected chi connectivity index (χ3v) is 3.94. The Morgan fingerprint density at radius 1 is 0.926 bits per heavy atom. The first kappa shape index (κ1) is 18.4. The molecule has 0 aliphatic heterocycles. The lowest BCUT2D eigenvalue weighted by Crippen LogP contribution is -2.04. The number of hydrogen-bond acceptors (Lipinski definition) is 3. The number of carbonyl (C=O) groups is 1. The van der Waals surface area contributed by atoms with Crippen LogP contribution in [0.5, 0.6) is 5.75 Å². The Bertz CT molecular complexity index is 925. The molecule has 0 radical (unpaired) electrons. The summed E-state index contributed by atoms with van der Waals surface area (Å²) in [4.78, 5) is 11.0. The maximum Gasteiger partial charge on any atom is 0.338 e. The number of nitrogens with one attached hydrogen (secondary N) is 1. The standard InChI is InChI=1S/C21H17F2NO3/c22-16-5-1-15(2-6-16)13-27-18-8-3-14(4-9-18)12-24-17-7-10-20(23)19(11-17)21(25)26/h1-11,24H,12-13H2,(H,25,26). The van der Waals surface area contributed by atoms with E-state index in [4.69, 9.17) is 9.84 Å². The smallest absolute Gasteiger partial charge is 0.338 e. The summed E-state index contributed by atoms with van der Waals surface area (Å²) in [7, 11) is 0. The summed E-state index contributed by atoms with van der Waals surface area (Å²) in [5.74, 6) is -1.68. The van der Waals surface area contributed by atoms with Crippen LogP contribution in [0, 0.1) is 11.6 Å².